The molecule has 0 N–H and O–H groups in total. The van der Waals surface area contributed by atoms with E-state index in [1.54, 1.807) is 0 Å². The molecule has 30 valence electrons. The fourth-order valence-electron chi connectivity index (χ4n) is 0.0113. The van der Waals surface area contributed by atoms with Gasteiger partial charge in [0.25, 0.3) is 0 Å². The Morgan fingerprint density at radius 2 is 1.60 bits per heavy atom. The van der Waals surface area contributed by atoms with Gasteiger partial charge in [-0.05, 0) is 0 Å². The van der Waals surface area contributed by atoms with Gasteiger partial charge in [-0.25, -0.2) is 0 Å². The standard InChI is InChI=1S/3O.2Sm. The number of hydrogen-bond donors (Lipinski definition) is 0. The summed E-state index contributed by atoms with van der Waals surface area (Å²) in [6.45, 7) is 0. The molecule has 0 aliphatic heterocycles. The van der Waals surface area contributed by atoms with Gasteiger partial charge in [-0.2, -0.15) is 0 Å². The van der Waals surface area contributed by atoms with Crippen LogP contribution in [0, 0.1) is 74.0 Å². The van der Waals surface area contributed by atoms with Crippen LogP contribution in [0.25, 0.3) is 0 Å². The average molecular weight is 349 g/mol. The molecule has 0 aliphatic carbocycles. The molecule has 5 heteroatoms. The first-order valence-electron chi connectivity index (χ1n) is 0.667. The van der Waals surface area contributed by atoms with Gasteiger partial charge in [-0.1, -0.05) is 0 Å². The predicted octanol–water partition coefficient (Wildman–Crippen LogP) is -0.306. The minimum atomic E-state index is -1.76. The van der Waals surface area contributed by atoms with Crippen LogP contribution < -0.4 is 0 Å². The van der Waals surface area contributed by atoms with Gasteiger partial charge >= 0.3 is 73.7 Å². The van der Waals surface area contributed by atoms with Crippen molar-refractivity contribution in [2.75, 3.05) is 0 Å². The normalized spacial score (nSPS) is 6.40. The monoisotopic (exact) mass is 352 g/mol. The molecule has 0 bridgehead atoms. The van der Waals surface area contributed by atoms with Gasteiger partial charge in [-0.15, -0.1) is 0 Å². The summed E-state index contributed by atoms with van der Waals surface area (Å²) in [6.07, 6.45) is 0. The Kier molecular flexibility index (Phi) is 9.02. The SMILES string of the molecule is [O]=[Sm][O][Sm]=[O]. The van der Waals surface area contributed by atoms with Crippen molar-refractivity contribution < 1.29 is 73.7 Å². The molecule has 0 heterocycles. The molecular weight excluding hydrogens is 349 g/mol. The van der Waals surface area contributed by atoms with Gasteiger partial charge in [0.1, 0.15) is 0 Å². The van der Waals surface area contributed by atoms with Crippen LogP contribution in [-0.2, 0) is -0.284 Å². The zero-order valence-corrected chi connectivity index (χ0v) is 7.28. The average Bonchev–Trinajstić information content (AvgIpc) is 1.41. The quantitative estimate of drug-likeness (QED) is 0.688. The van der Waals surface area contributed by atoms with Gasteiger partial charge in [-0.3, -0.25) is 0 Å². The molecule has 0 spiro atoms. The van der Waals surface area contributed by atoms with Gasteiger partial charge in [0, 0.05) is 0 Å². The molecule has 0 atom stereocenters. The Balaban J connectivity index is 2.65. The van der Waals surface area contributed by atoms with E-state index in [0.717, 1.165) is 0 Å². The van der Waals surface area contributed by atoms with Gasteiger partial charge in [0.2, 0.25) is 0 Å². The summed E-state index contributed by atoms with van der Waals surface area (Å²) in [5, 5.41) is 0. The van der Waals surface area contributed by atoms with Crippen LogP contribution in [0.1, 0.15) is 0 Å². The molecular formula is O3Sm2. The van der Waals surface area contributed by atoms with Gasteiger partial charge in [0.05, 0.1) is 0 Å². The third-order valence-corrected chi connectivity index (χ3v) is 3.06. The third-order valence-electron chi connectivity index (χ3n) is 0.0556. The maximum atomic E-state index is 9.32. The first-order valence-corrected chi connectivity index (χ1v) is 4.94. The molecule has 0 aromatic carbocycles. The Hall–Kier alpha value is 2.24. The Morgan fingerprint density at radius 3 is 1.60 bits per heavy atom. The predicted molar refractivity (Wildman–Crippen MR) is 2.46 cm³/mol. The van der Waals surface area contributed by atoms with Crippen LogP contribution in [0.15, 0.2) is 0 Å². The maximum absolute atomic E-state index is 9.32. The first-order chi connectivity index (χ1) is 2.41. The molecule has 0 aromatic heterocycles. The summed E-state index contributed by atoms with van der Waals surface area (Å²) >= 11 is -3.52. The van der Waals surface area contributed by atoms with Crippen molar-refractivity contribution in [1.82, 2.24) is 0 Å². The zero-order chi connectivity index (χ0) is 4.12. The molecule has 0 saturated carbocycles. The van der Waals surface area contributed by atoms with Crippen LogP contribution in [0.4, 0.5) is 0 Å². The summed E-state index contributed by atoms with van der Waals surface area (Å²) in [5.74, 6) is 0. The van der Waals surface area contributed by atoms with Crippen molar-refractivity contribution in [1.29, 1.82) is 0 Å². The molecule has 0 aliphatic rings. The molecule has 0 rings (SSSR count). The topological polar surface area (TPSA) is 43.4 Å². The fourth-order valence-corrected chi connectivity index (χ4v) is 0.624. The van der Waals surface area contributed by atoms with Crippen molar-refractivity contribution in [2.24, 2.45) is 0 Å². The van der Waals surface area contributed by atoms with Crippen molar-refractivity contribution in [3.63, 3.8) is 0 Å². The van der Waals surface area contributed by atoms with E-state index in [4.69, 9.17) is 0 Å². The second-order valence-electron chi connectivity index (χ2n) is 0.204. The molecule has 0 saturated heterocycles. The van der Waals surface area contributed by atoms with Crippen LogP contribution in [0.3, 0.4) is 0 Å². The molecule has 0 radical (unpaired) electrons. The minimum absolute atomic E-state index is 1.76. The van der Waals surface area contributed by atoms with Gasteiger partial charge < -0.3 is 0 Å². The summed E-state index contributed by atoms with van der Waals surface area (Å²) in [4.78, 5) is 0. The molecule has 3 nitrogen and oxygen atoms in total. The van der Waals surface area contributed by atoms with Crippen LogP contribution in [-0.4, -0.2) is 0 Å². The Morgan fingerprint density at radius 1 is 1.20 bits per heavy atom. The van der Waals surface area contributed by atoms with E-state index in [1.807, 2.05) is 0 Å². The second kappa shape index (κ2) is 6.24. The molecule has 0 fully saturated rings. The van der Waals surface area contributed by atoms with Crippen molar-refractivity contribution in [2.45, 2.75) is 0 Å². The van der Waals surface area contributed by atoms with E-state index >= 15 is 0 Å². The van der Waals surface area contributed by atoms with E-state index in [2.05, 4.69) is -2.50 Å². The summed E-state index contributed by atoms with van der Waals surface area (Å²) in [7, 11) is 0. The third kappa shape index (κ3) is 6.24. The van der Waals surface area contributed by atoms with E-state index in [-0.39, 0.29) is 0 Å². The number of rotatable bonds is 2. The van der Waals surface area contributed by atoms with E-state index in [0.29, 0.717) is 0 Å². The zero-order valence-electron chi connectivity index (χ0n) is 2.04. The summed E-state index contributed by atoms with van der Waals surface area (Å²) < 4.78 is 22.7. The molecule has 0 amide bonds. The van der Waals surface area contributed by atoms with Crippen molar-refractivity contribution in [3.05, 3.63) is 0 Å². The fraction of sp³-hybridized carbons (Fsp3) is 0. The van der Waals surface area contributed by atoms with Gasteiger partial charge in [0.15, 0.2) is 0 Å². The molecule has 0 aromatic rings. The van der Waals surface area contributed by atoms with Crippen LogP contribution >= 0.6 is 0 Å². The van der Waals surface area contributed by atoms with E-state index in [1.165, 1.54) is 0 Å². The first kappa shape index (κ1) is 7.24. The van der Waals surface area contributed by atoms with Crippen molar-refractivity contribution >= 4 is 0 Å². The Bertz CT molecular complexity index is 34.2. The Labute approximate surface area is 71.5 Å². The molecule has 0 unspecified atom stereocenters. The van der Waals surface area contributed by atoms with E-state index < -0.39 is 74.0 Å². The summed E-state index contributed by atoms with van der Waals surface area (Å²) in [6, 6.07) is 0. The summed E-state index contributed by atoms with van der Waals surface area (Å²) in [5.41, 5.74) is 0. The van der Waals surface area contributed by atoms with E-state index in [9.17, 15) is 2.21 Å². The van der Waals surface area contributed by atoms with Crippen LogP contribution in [0.2, 0.25) is 0 Å². The second-order valence-corrected chi connectivity index (χ2v) is 4.75. The van der Waals surface area contributed by atoms with Crippen molar-refractivity contribution in [3.8, 4) is 0 Å². The van der Waals surface area contributed by atoms with Crippen LogP contribution in [0.5, 0.6) is 0 Å². The number of hydrogen-bond acceptors (Lipinski definition) is 3. The molecule has 5 heavy (non-hydrogen) atoms.